The van der Waals surface area contributed by atoms with Gasteiger partial charge in [0.15, 0.2) is 0 Å². The van der Waals surface area contributed by atoms with E-state index < -0.39 is 30.1 Å². The lowest BCUT2D eigenvalue weighted by Gasteiger charge is -2.32. The second-order valence-corrected chi connectivity index (χ2v) is 7.29. The fourth-order valence-electron chi connectivity index (χ4n) is 3.31. The molecule has 160 valence electrons. The zero-order chi connectivity index (χ0) is 21.4. The Morgan fingerprint density at radius 2 is 1.97 bits per heavy atom. The smallest absolute Gasteiger partial charge is 0.310 e. The number of amides is 2. The zero-order valence-corrected chi connectivity index (χ0v) is 17.2. The van der Waals surface area contributed by atoms with E-state index in [1.807, 2.05) is 44.2 Å². The highest BCUT2D eigenvalue weighted by Crippen LogP contribution is 2.25. The predicted molar refractivity (Wildman–Crippen MR) is 106 cm³/mol. The fraction of sp³-hybridized carbons (Fsp3) is 0.571. The number of rotatable bonds is 11. The van der Waals surface area contributed by atoms with Gasteiger partial charge in [-0.05, 0) is 25.0 Å². The first kappa shape index (κ1) is 22.7. The number of nitrogens with zero attached hydrogens (tertiary/aromatic N) is 1. The number of carbonyl (C=O) groups is 3. The Morgan fingerprint density at radius 1 is 1.28 bits per heavy atom. The van der Waals surface area contributed by atoms with Gasteiger partial charge in [-0.3, -0.25) is 14.4 Å². The number of cyclic esters (lactones) is 1. The van der Waals surface area contributed by atoms with Crippen molar-refractivity contribution in [3.63, 3.8) is 0 Å². The first-order valence-electron chi connectivity index (χ1n) is 9.91. The summed E-state index contributed by atoms with van der Waals surface area (Å²) in [7, 11) is 0. The molecule has 0 aromatic heterocycles. The minimum Gasteiger partial charge on any atom is -0.492 e. The Hall–Kier alpha value is -2.61. The van der Waals surface area contributed by atoms with Gasteiger partial charge in [0.2, 0.25) is 18.1 Å². The quantitative estimate of drug-likeness (QED) is 0.561. The van der Waals surface area contributed by atoms with Gasteiger partial charge in [0.25, 0.3) is 0 Å². The van der Waals surface area contributed by atoms with Crippen molar-refractivity contribution in [3.05, 3.63) is 30.3 Å². The molecule has 0 saturated carbocycles. The van der Waals surface area contributed by atoms with Crippen LogP contribution in [0.2, 0.25) is 0 Å². The molecule has 2 rings (SSSR count). The van der Waals surface area contributed by atoms with Gasteiger partial charge in [-0.25, -0.2) is 0 Å². The standard InChI is InChI=1S/C21H30N2O6/c1-4-27-21-17(13-19(25)29-21)23(10-11-28-15-8-6-5-7-9-15)18(24)12-16(14(2)3)20(22)26/h5-9,14,16-17,21H,4,10-13H2,1-3H3,(H2,22,26). The Bertz CT molecular complexity index is 694. The molecule has 1 fully saturated rings. The van der Waals surface area contributed by atoms with Crippen molar-refractivity contribution in [1.82, 2.24) is 4.90 Å². The average molecular weight is 406 g/mol. The first-order chi connectivity index (χ1) is 13.8. The number of hydrogen-bond acceptors (Lipinski definition) is 6. The second-order valence-electron chi connectivity index (χ2n) is 7.29. The molecule has 1 aromatic rings. The van der Waals surface area contributed by atoms with E-state index in [0.29, 0.717) is 12.4 Å². The number of benzene rings is 1. The molecule has 3 atom stereocenters. The van der Waals surface area contributed by atoms with Crippen molar-refractivity contribution >= 4 is 17.8 Å². The van der Waals surface area contributed by atoms with Crippen LogP contribution < -0.4 is 10.5 Å². The lowest BCUT2D eigenvalue weighted by molar-refractivity contribution is -0.171. The van der Waals surface area contributed by atoms with Gasteiger partial charge in [-0.1, -0.05) is 32.0 Å². The molecule has 0 bridgehead atoms. The number of para-hydroxylation sites is 1. The van der Waals surface area contributed by atoms with Crippen LogP contribution >= 0.6 is 0 Å². The molecule has 3 unspecified atom stereocenters. The van der Waals surface area contributed by atoms with E-state index in [1.54, 1.807) is 6.92 Å². The summed E-state index contributed by atoms with van der Waals surface area (Å²) in [6, 6.07) is 8.65. The Balaban J connectivity index is 2.13. The summed E-state index contributed by atoms with van der Waals surface area (Å²) in [6.45, 7) is 6.26. The van der Waals surface area contributed by atoms with E-state index in [2.05, 4.69) is 0 Å². The highest BCUT2D eigenvalue weighted by molar-refractivity contribution is 5.86. The van der Waals surface area contributed by atoms with Gasteiger partial charge in [0, 0.05) is 18.9 Å². The number of carbonyl (C=O) groups excluding carboxylic acids is 3. The molecular weight excluding hydrogens is 376 g/mol. The molecule has 29 heavy (non-hydrogen) atoms. The summed E-state index contributed by atoms with van der Waals surface area (Å²) in [5.41, 5.74) is 5.47. The van der Waals surface area contributed by atoms with Gasteiger partial charge < -0.3 is 24.8 Å². The molecule has 1 aliphatic rings. The summed E-state index contributed by atoms with van der Waals surface area (Å²) >= 11 is 0. The van der Waals surface area contributed by atoms with Gasteiger partial charge in [0.1, 0.15) is 18.4 Å². The van der Waals surface area contributed by atoms with E-state index in [4.69, 9.17) is 19.9 Å². The van der Waals surface area contributed by atoms with Crippen LogP contribution in [-0.4, -0.2) is 54.8 Å². The normalized spacial score (nSPS) is 19.7. The molecule has 1 aromatic carbocycles. The molecule has 0 spiro atoms. The van der Waals surface area contributed by atoms with E-state index in [1.165, 1.54) is 4.90 Å². The van der Waals surface area contributed by atoms with Crippen LogP contribution in [0.1, 0.15) is 33.6 Å². The lowest BCUT2D eigenvalue weighted by atomic mass is 9.91. The first-order valence-corrected chi connectivity index (χ1v) is 9.91. The number of hydrogen-bond donors (Lipinski definition) is 1. The average Bonchev–Trinajstić information content (AvgIpc) is 3.03. The van der Waals surface area contributed by atoms with Crippen LogP contribution in [0.15, 0.2) is 30.3 Å². The van der Waals surface area contributed by atoms with Crippen LogP contribution in [0.4, 0.5) is 0 Å². The predicted octanol–water partition coefficient (Wildman–Crippen LogP) is 1.72. The molecule has 0 radical (unpaired) electrons. The molecule has 1 heterocycles. The minimum absolute atomic E-state index is 0.0324. The maximum absolute atomic E-state index is 13.1. The summed E-state index contributed by atoms with van der Waals surface area (Å²) in [5, 5.41) is 0. The zero-order valence-electron chi connectivity index (χ0n) is 17.2. The summed E-state index contributed by atoms with van der Waals surface area (Å²) in [4.78, 5) is 38.2. The van der Waals surface area contributed by atoms with E-state index in [9.17, 15) is 14.4 Å². The minimum atomic E-state index is -0.834. The van der Waals surface area contributed by atoms with Crippen molar-refractivity contribution in [2.45, 2.75) is 45.9 Å². The molecule has 8 nitrogen and oxygen atoms in total. The van der Waals surface area contributed by atoms with E-state index in [0.717, 1.165) is 0 Å². The molecule has 8 heteroatoms. The van der Waals surface area contributed by atoms with Gasteiger partial charge in [0.05, 0.1) is 13.0 Å². The summed E-state index contributed by atoms with van der Waals surface area (Å²) in [6.07, 6.45) is -0.841. The molecule has 2 N–H and O–H groups in total. The van der Waals surface area contributed by atoms with Crippen molar-refractivity contribution in [3.8, 4) is 5.75 Å². The topological polar surface area (TPSA) is 108 Å². The number of primary amides is 1. The monoisotopic (exact) mass is 406 g/mol. The third-order valence-electron chi connectivity index (χ3n) is 4.90. The fourth-order valence-corrected chi connectivity index (χ4v) is 3.31. The number of ether oxygens (including phenoxy) is 3. The largest absolute Gasteiger partial charge is 0.492 e. The van der Waals surface area contributed by atoms with Crippen molar-refractivity contribution in [1.29, 1.82) is 0 Å². The maximum Gasteiger partial charge on any atom is 0.310 e. The van der Waals surface area contributed by atoms with E-state index >= 15 is 0 Å². The van der Waals surface area contributed by atoms with Crippen molar-refractivity contribution < 1.29 is 28.6 Å². The SMILES string of the molecule is CCOC1OC(=O)CC1N(CCOc1ccccc1)C(=O)CC(C(N)=O)C(C)C. The molecule has 2 amide bonds. The second kappa shape index (κ2) is 10.8. The summed E-state index contributed by atoms with van der Waals surface area (Å²) < 4.78 is 16.5. The molecule has 1 aliphatic heterocycles. The van der Waals surface area contributed by atoms with Crippen LogP contribution in [0.25, 0.3) is 0 Å². The van der Waals surface area contributed by atoms with Gasteiger partial charge in [-0.2, -0.15) is 0 Å². The Kier molecular flexibility index (Phi) is 8.45. The third kappa shape index (κ3) is 6.45. The van der Waals surface area contributed by atoms with Crippen LogP contribution in [0, 0.1) is 11.8 Å². The molecular formula is C21H30N2O6. The van der Waals surface area contributed by atoms with Crippen LogP contribution in [-0.2, 0) is 23.9 Å². The highest BCUT2D eigenvalue weighted by atomic mass is 16.7. The van der Waals surface area contributed by atoms with Gasteiger partial charge >= 0.3 is 5.97 Å². The third-order valence-corrected chi connectivity index (χ3v) is 4.90. The Labute approximate surface area is 171 Å². The van der Waals surface area contributed by atoms with Gasteiger partial charge in [-0.15, -0.1) is 0 Å². The maximum atomic E-state index is 13.1. The lowest BCUT2D eigenvalue weighted by Crippen LogP contribution is -2.48. The molecule has 0 aliphatic carbocycles. The number of nitrogens with two attached hydrogens (primary N) is 1. The van der Waals surface area contributed by atoms with E-state index in [-0.39, 0.29) is 37.8 Å². The van der Waals surface area contributed by atoms with Crippen LogP contribution in [0.3, 0.4) is 0 Å². The molecule has 1 saturated heterocycles. The highest BCUT2D eigenvalue weighted by Gasteiger charge is 2.42. The Morgan fingerprint density at radius 3 is 2.55 bits per heavy atom. The number of esters is 1. The van der Waals surface area contributed by atoms with Crippen molar-refractivity contribution in [2.75, 3.05) is 19.8 Å². The van der Waals surface area contributed by atoms with Crippen LogP contribution in [0.5, 0.6) is 5.75 Å². The summed E-state index contributed by atoms with van der Waals surface area (Å²) in [5.74, 6) is -1.23. The van der Waals surface area contributed by atoms with Crippen molar-refractivity contribution in [2.24, 2.45) is 17.6 Å².